The molecule has 2 fully saturated rings. The minimum absolute atomic E-state index is 0.157. The Morgan fingerprint density at radius 3 is 2.65 bits per heavy atom. The van der Waals surface area contributed by atoms with Crippen LogP contribution in [-0.2, 0) is 19.2 Å². The zero-order valence-electron chi connectivity index (χ0n) is 21.7. The van der Waals surface area contributed by atoms with E-state index in [-0.39, 0.29) is 30.7 Å². The van der Waals surface area contributed by atoms with E-state index in [0.717, 1.165) is 24.8 Å². The standard InChI is InChI=1S/C27H37ClN4O5/c1-26(2,3)14-22(33)32-15-27(12-20(31-37-27)17-8-5-9-18(28)11-17)13-21(32)25(36)30-19(23(34)24(29)35)10-16-6-4-7-16/h5,8-9,11,16,19,21,23,34H,4,6-7,10,12-15H2,1-3H3,(H2,29,35)(H,30,36)/t19?,21-,23?,27+/m0/s1. The number of amides is 3. The number of carbonyl (C=O) groups is 3. The van der Waals surface area contributed by atoms with Crippen molar-refractivity contribution >= 4 is 35.0 Å². The average Bonchev–Trinajstić information content (AvgIpc) is 3.37. The highest BCUT2D eigenvalue weighted by molar-refractivity contribution is 6.31. The molecule has 1 saturated heterocycles. The fourth-order valence-electron chi connectivity index (χ4n) is 5.37. The monoisotopic (exact) mass is 532 g/mol. The maximum atomic E-state index is 13.6. The summed E-state index contributed by atoms with van der Waals surface area (Å²) in [6, 6.07) is 5.68. The molecule has 2 unspecified atom stereocenters. The first-order valence-corrected chi connectivity index (χ1v) is 13.3. The van der Waals surface area contributed by atoms with E-state index < -0.39 is 35.6 Å². The van der Waals surface area contributed by atoms with Crippen molar-refractivity contribution in [2.45, 2.75) is 89.5 Å². The van der Waals surface area contributed by atoms with Crippen LogP contribution in [0.4, 0.5) is 0 Å². The molecule has 1 spiro atoms. The summed E-state index contributed by atoms with van der Waals surface area (Å²) in [6.45, 7) is 6.11. The van der Waals surface area contributed by atoms with E-state index in [2.05, 4.69) is 10.5 Å². The van der Waals surface area contributed by atoms with Crippen LogP contribution in [-0.4, -0.2) is 63.8 Å². The zero-order valence-corrected chi connectivity index (χ0v) is 22.5. The molecule has 4 rings (SSSR count). The van der Waals surface area contributed by atoms with E-state index in [1.165, 1.54) is 0 Å². The lowest BCUT2D eigenvalue weighted by Crippen LogP contribution is -2.55. The lowest BCUT2D eigenvalue weighted by Gasteiger charge is -2.33. The van der Waals surface area contributed by atoms with Gasteiger partial charge in [-0.3, -0.25) is 14.4 Å². The molecule has 1 aromatic rings. The lowest BCUT2D eigenvalue weighted by atomic mass is 9.79. The van der Waals surface area contributed by atoms with Gasteiger partial charge in [0.25, 0.3) is 0 Å². The number of hydrogen-bond donors (Lipinski definition) is 3. The normalized spacial score (nSPS) is 25.3. The topological polar surface area (TPSA) is 134 Å². The molecule has 9 nitrogen and oxygen atoms in total. The molecule has 0 aromatic heterocycles. The van der Waals surface area contributed by atoms with Gasteiger partial charge >= 0.3 is 0 Å². The quantitative estimate of drug-likeness (QED) is 0.473. The fourth-order valence-corrected chi connectivity index (χ4v) is 5.56. The summed E-state index contributed by atoms with van der Waals surface area (Å²) in [5.41, 5.74) is 5.78. The van der Waals surface area contributed by atoms with Crippen LogP contribution in [0.25, 0.3) is 0 Å². The first-order chi connectivity index (χ1) is 17.4. The lowest BCUT2D eigenvalue weighted by molar-refractivity contribution is -0.141. The maximum Gasteiger partial charge on any atom is 0.248 e. The number of nitrogens with one attached hydrogen (secondary N) is 1. The number of halogens is 1. The van der Waals surface area contributed by atoms with Gasteiger partial charge in [-0.15, -0.1) is 0 Å². The molecule has 10 heteroatoms. The number of rotatable bonds is 8. The van der Waals surface area contributed by atoms with Crippen LogP contribution in [0.15, 0.2) is 29.4 Å². The molecule has 1 aliphatic carbocycles. The van der Waals surface area contributed by atoms with Crippen molar-refractivity contribution in [1.29, 1.82) is 0 Å². The molecule has 2 aliphatic heterocycles. The molecule has 4 atom stereocenters. The maximum absolute atomic E-state index is 13.6. The fraction of sp³-hybridized carbons (Fsp3) is 0.630. The van der Waals surface area contributed by atoms with Crippen molar-refractivity contribution in [3.05, 3.63) is 34.9 Å². The van der Waals surface area contributed by atoms with Gasteiger partial charge in [0.2, 0.25) is 17.7 Å². The zero-order chi connectivity index (χ0) is 27.0. The first kappa shape index (κ1) is 27.4. The highest BCUT2D eigenvalue weighted by Gasteiger charge is 2.54. The van der Waals surface area contributed by atoms with Crippen LogP contribution < -0.4 is 11.1 Å². The molecular formula is C27H37ClN4O5. The Morgan fingerprint density at radius 1 is 1.32 bits per heavy atom. The Balaban J connectivity index is 1.54. The molecule has 2 heterocycles. The van der Waals surface area contributed by atoms with E-state index in [4.69, 9.17) is 22.2 Å². The molecule has 37 heavy (non-hydrogen) atoms. The van der Waals surface area contributed by atoms with E-state index in [1.54, 1.807) is 17.0 Å². The number of nitrogens with zero attached hydrogens (tertiary/aromatic N) is 2. The predicted octanol–water partition coefficient (Wildman–Crippen LogP) is 2.76. The number of benzene rings is 1. The second kappa shape index (κ2) is 10.6. The van der Waals surface area contributed by atoms with Crippen LogP contribution in [0.5, 0.6) is 0 Å². The summed E-state index contributed by atoms with van der Waals surface area (Å²) in [6.07, 6.45) is 2.93. The molecule has 4 N–H and O–H groups in total. The van der Waals surface area contributed by atoms with E-state index in [0.29, 0.717) is 29.5 Å². The van der Waals surface area contributed by atoms with Crippen LogP contribution in [0.3, 0.4) is 0 Å². The van der Waals surface area contributed by atoms with Crippen LogP contribution >= 0.6 is 11.6 Å². The number of likely N-dealkylation sites (tertiary alicyclic amines) is 1. The van der Waals surface area contributed by atoms with Crippen LogP contribution in [0.1, 0.15) is 71.3 Å². The van der Waals surface area contributed by atoms with Crippen molar-refractivity contribution < 1.29 is 24.3 Å². The van der Waals surface area contributed by atoms with Crippen molar-refractivity contribution in [3.8, 4) is 0 Å². The Bertz CT molecular complexity index is 1080. The number of nitrogens with two attached hydrogens (primary N) is 1. The third kappa shape index (κ3) is 6.44. The van der Waals surface area contributed by atoms with E-state index in [9.17, 15) is 19.5 Å². The number of oxime groups is 1. The summed E-state index contributed by atoms with van der Waals surface area (Å²) in [5.74, 6) is -1.15. The third-order valence-corrected chi connectivity index (χ3v) is 7.75. The Morgan fingerprint density at radius 2 is 2.05 bits per heavy atom. The average molecular weight is 533 g/mol. The van der Waals surface area contributed by atoms with Gasteiger partial charge in [-0.25, -0.2) is 0 Å². The van der Waals surface area contributed by atoms with Gasteiger partial charge in [0, 0.05) is 29.8 Å². The predicted molar refractivity (Wildman–Crippen MR) is 140 cm³/mol. The van der Waals surface area contributed by atoms with E-state index >= 15 is 0 Å². The number of primary amides is 1. The number of hydrogen-bond acceptors (Lipinski definition) is 6. The first-order valence-electron chi connectivity index (χ1n) is 12.9. The second-order valence-corrected chi connectivity index (χ2v) is 12.4. The summed E-state index contributed by atoms with van der Waals surface area (Å²) in [5, 5.41) is 18.2. The summed E-state index contributed by atoms with van der Waals surface area (Å²) < 4.78 is 0. The van der Waals surface area contributed by atoms with E-state index in [1.807, 2.05) is 32.9 Å². The number of aliphatic hydroxyl groups excluding tert-OH is 1. The van der Waals surface area contributed by atoms with Crippen molar-refractivity contribution in [1.82, 2.24) is 10.2 Å². The second-order valence-electron chi connectivity index (χ2n) is 12.0. The summed E-state index contributed by atoms with van der Waals surface area (Å²) in [7, 11) is 0. The third-order valence-electron chi connectivity index (χ3n) is 7.51. The van der Waals surface area contributed by atoms with Crippen LogP contribution in [0, 0.1) is 11.3 Å². The Hall–Kier alpha value is -2.65. The van der Waals surface area contributed by atoms with Crippen LogP contribution in [0.2, 0.25) is 5.02 Å². The SMILES string of the molecule is CC(C)(C)CC(=O)N1C[C@@]2(CC(c3cccc(Cl)c3)=NO2)C[C@H]1C(=O)NC(CC1CCC1)C(O)C(N)=O. The molecule has 3 aliphatic rings. The highest BCUT2D eigenvalue weighted by Crippen LogP contribution is 2.40. The van der Waals surface area contributed by atoms with Gasteiger partial charge in [0.1, 0.15) is 6.04 Å². The Labute approximate surface area is 222 Å². The largest absolute Gasteiger partial charge is 0.387 e. The minimum atomic E-state index is -1.50. The molecule has 202 valence electrons. The van der Waals surface area contributed by atoms with Gasteiger partial charge in [0.15, 0.2) is 11.7 Å². The highest BCUT2D eigenvalue weighted by atomic mass is 35.5. The summed E-state index contributed by atoms with van der Waals surface area (Å²) in [4.78, 5) is 46.3. The molecule has 1 aromatic carbocycles. The van der Waals surface area contributed by atoms with Crippen molar-refractivity contribution in [2.24, 2.45) is 22.2 Å². The molecular weight excluding hydrogens is 496 g/mol. The Kier molecular flexibility index (Phi) is 7.85. The van der Waals surface area contributed by atoms with Gasteiger partial charge in [-0.1, -0.05) is 68.9 Å². The van der Waals surface area contributed by atoms with Gasteiger partial charge in [-0.2, -0.15) is 0 Å². The molecule has 0 bridgehead atoms. The minimum Gasteiger partial charge on any atom is -0.387 e. The molecule has 1 saturated carbocycles. The molecule has 3 amide bonds. The van der Waals surface area contributed by atoms with Gasteiger partial charge in [0.05, 0.1) is 18.3 Å². The van der Waals surface area contributed by atoms with Gasteiger partial charge in [-0.05, 0) is 29.9 Å². The smallest absolute Gasteiger partial charge is 0.248 e. The van der Waals surface area contributed by atoms with Gasteiger partial charge < -0.3 is 25.9 Å². The van der Waals surface area contributed by atoms with Crippen molar-refractivity contribution in [2.75, 3.05) is 6.54 Å². The van der Waals surface area contributed by atoms with Crippen molar-refractivity contribution in [3.63, 3.8) is 0 Å². The molecule has 0 radical (unpaired) electrons. The number of carbonyl (C=O) groups excluding carboxylic acids is 3. The number of aliphatic hydroxyl groups is 1. The summed E-state index contributed by atoms with van der Waals surface area (Å²) >= 11 is 6.16.